The van der Waals surface area contributed by atoms with Crippen LogP contribution >= 0.6 is 0 Å². The van der Waals surface area contributed by atoms with Crippen LogP contribution in [0.15, 0.2) is 12.2 Å². The van der Waals surface area contributed by atoms with Crippen molar-refractivity contribution in [3.05, 3.63) is 12.2 Å². The quantitative estimate of drug-likeness (QED) is 0.0320. The zero-order valence-corrected chi connectivity index (χ0v) is 58.1. The van der Waals surface area contributed by atoms with Crippen LogP contribution in [-0.2, 0) is 14.3 Å². The molecule has 0 radical (unpaired) electrons. The molecule has 2 unspecified atom stereocenters. The molecule has 0 aliphatic rings. The third-order valence-electron chi connectivity index (χ3n) is 18.8. The number of aliphatic hydroxyl groups is 2. The smallest absolute Gasteiger partial charge is 0.305 e. The van der Waals surface area contributed by atoms with Gasteiger partial charge >= 0.3 is 5.97 Å². The van der Waals surface area contributed by atoms with Gasteiger partial charge in [-0.3, -0.25) is 9.59 Å². The maximum absolute atomic E-state index is 12.6. The largest absolute Gasteiger partial charge is 0.466 e. The lowest BCUT2D eigenvalue weighted by Crippen LogP contribution is -2.45. The number of carbonyl (C=O) groups is 2. The molecule has 6 nitrogen and oxygen atoms in total. The predicted octanol–water partition coefficient (Wildman–Crippen LogP) is 25.9. The molecule has 0 aromatic carbocycles. The molecule has 2 atom stereocenters. The molecule has 1 amide bonds. The van der Waals surface area contributed by atoms with Crippen molar-refractivity contribution in [2.75, 3.05) is 13.2 Å². The molecule has 0 heterocycles. The van der Waals surface area contributed by atoms with Gasteiger partial charge in [0.25, 0.3) is 0 Å². The second kappa shape index (κ2) is 75.1. The number of ether oxygens (including phenoxy) is 1. The highest BCUT2D eigenvalue weighted by Crippen LogP contribution is 2.20. The van der Waals surface area contributed by atoms with Crippen LogP contribution in [0.3, 0.4) is 0 Å². The second-order valence-corrected chi connectivity index (χ2v) is 27.4. The van der Waals surface area contributed by atoms with Crippen LogP contribution in [0.4, 0.5) is 0 Å². The Labute approximate surface area is 533 Å². The number of allylic oxidation sites excluding steroid dienone is 2. The molecule has 0 spiro atoms. The van der Waals surface area contributed by atoms with Crippen molar-refractivity contribution in [2.45, 2.75) is 469 Å². The summed E-state index contributed by atoms with van der Waals surface area (Å²) in [6, 6.07) is -0.542. The van der Waals surface area contributed by atoms with E-state index in [-0.39, 0.29) is 18.5 Å². The number of rotatable bonds is 75. The van der Waals surface area contributed by atoms with E-state index in [1.54, 1.807) is 0 Å². The summed E-state index contributed by atoms with van der Waals surface area (Å²) >= 11 is 0. The van der Waals surface area contributed by atoms with Crippen molar-refractivity contribution in [1.82, 2.24) is 5.32 Å². The lowest BCUT2D eigenvalue weighted by Gasteiger charge is -2.22. The minimum Gasteiger partial charge on any atom is -0.466 e. The number of unbranched alkanes of at least 4 members (excludes halogenated alkanes) is 62. The molecular weight excluding hydrogens is 1040 g/mol. The second-order valence-electron chi connectivity index (χ2n) is 27.4. The van der Waals surface area contributed by atoms with Crippen molar-refractivity contribution < 1.29 is 24.5 Å². The SMILES string of the molecule is CCCCCCCCCCCCCCCCCCCCCCCCCCCC(O)C(CO)NC(=O)CCCCCCCCCCCCCCC/C=C\CCCCCCCCCCCCCCOC(=O)CCCCCCCCCCCCCCCC. The third kappa shape index (κ3) is 71.6. The van der Waals surface area contributed by atoms with Gasteiger partial charge in [-0.1, -0.05) is 405 Å². The van der Waals surface area contributed by atoms with E-state index in [4.69, 9.17) is 4.74 Å². The number of nitrogens with one attached hydrogen (secondary N) is 1. The van der Waals surface area contributed by atoms with Gasteiger partial charge in [-0.2, -0.15) is 0 Å². The maximum Gasteiger partial charge on any atom is 0.305 e. The van der Waals surface area contributed by atoms with Crippen molar-refractivity contribution in [1.29, 1.82) is 0 Å². The molecule has 0 aliphatic carbocycles. The molecule has 3 N–H and O–H groups in total. The van der Waals surface area contributed by atoms with Gasteiger partial charge in [0, 0.05) is 12.8 Å². The average Bonchev–Trinajstić information content (AvgIpc) is 3.51. The van der Waals surface area contributed by atoms with Crippen LogP contribution in [-0.4, -0.2) is 47.4 Å². The van der Waals surface area contributed by atoms with Crippen molar-refractivity contribution in [3.63, 3.8) is 0 Å². The first kappa shape index (κ1) is 83.6. The zero-order chi connectivity index (χ0) is 61.3. The fourth-order valence-electron chi connectivity index (χ4n) is 12.8. The molecule has 0 aliphatic heterocycles. The van der Waals surface area contributed by atoms with Crippen LogP contribution < -0.4 is 5.32 Å². The minimum atomic E-state index is -0.665. The van der Waals surface area contributed by atoms with Crippen LogP contribution in [0.5, 0.6) is 0 Å². The number of hydrogen-bond donors (Lipinski definition) is 3. The van der Waals surface area contributed by atoms with Crippen molar-refractivity contribution in [2.24, 2.45) is 0 Å². The Morgan fingerprint density at radius 1 is 0.318 bits per heavy atom. The molecule has 0 saturated carbocycles. The Morgan fingerprint density at radius 3 is 0.835 bits per heavy atom. The van der Waals surface area contributed by atoms with Crippen LogP contribution in [0, 0.1) is 0 Å². The third-order valence-corrected chi connectivity index (χ3v) is 18.8. The molecule has 0 aromatic rings. The Morgan fingerprint density at radius 2 is 0.553 bits per heavy atom. The summed E-state index contributed by atoms with van der Waals surface area (Å²) in [5, 5.41) is 23.5. The average molecular weight is 1200 g/mol. The number of hydrogen-bond acceptors (Lipinski definition) is 5. The first-order valence-corrected chi connectivity index (χ1v) is 39.4. The van der Waals surface area contributed by atoms with E-state index in [1.165, 1.54) is 385 Å². The highest BCUT2D eigenvalue weighted by atomic mass is 16.5. The summed E-state index contributed by atoms with van der Waals surface area (Å²) in [7, 11) is 0. The fraction of sp³-hybridized carbons (Fsp3) is 0.949. The van der Waals surface area contributed by atoms with E-state index in [0.717, 1.165) is 38.5 Å². The van der Waals surface area contributed by atoms with Crippen LogP contribution in [0.1, 0.15) is 457 Å². The van der Waals surface area contributed by atoms with Gasteiger partial charge in [0.15, 0.2) is 0 Å². The Bertz CT molecular complexity index is 1290. The van der Waals surface area contributed by atoms with Crippen molar-refractivity contribution in [3.8, 4) is 0 Å². The lowest BCUT2D eigenvalue weighted by atomic mass is 10.0. The van der Waals surface area contributed by atoms with Crippen LogP contribution in [0.2, 0.25) is 0 Å². The predicted molar refractivity (Wildman–Crippen MR) is 375 cm³/mol. The standard InChI is InChI=1S/C79H155NO5/c1-3-5-7-9-11-13-15-17-19-20-21-22-23-29-32-35-38-41-44-47-51-55-59-63-67-71-77(82)76(75-81)80-78(83)72-68-64-60-56-52-48-45-42-39-36-33-30-27-25-24-26-28-31-34-37-40-43-46-50-54-58-62-66-70-74-85-79(84)73-69-65-61-57-53-49-18-16-14-12-10-8-6-4-2/h24,26,76-77,81-82H,3-23,25,27-75H2,1-2H3,(H,80,83)/b26-24-. The molecule has 6 heteroatoms. The topological polar surface area (TPSA) is 95.9 Å². The van der Waals surface area contributed by atoms with E-state index in [0.29, 0.717) is 25.9 Å². The van der Waals surface area contributed by atoms with E-state index >= 15 is 0 Å². The Balaban J connectivity index is 3.36. The summed E-state index contributed by atoms with van der Waals surface area (Å²) in [4.78, 5) is 24.7. The van der Waals surface area contributed by atoms with Gasteiger partial charge in [0.05, 0.1) is 25.4 Å². The highest BCUT2D eigenvalue weighted by Gasteiger charge is 2.20. The lowest BCUT2D eigenvalue weighted by molar-refractivity contribution is -0.143. The Kier molecular flexibility index (Phi) is 73.8. The molecule has 0 rings (SSSR count). The molecule has 506 valence electrons. The summed E-state index contributed by atoms with van der Waals surface area (Å²) in [6.07, 6.45) is 94.4. The summed E-state index contributed by atoms with van der Waals surface area (Å²) in [5.41, 5.74) is 0. The first-order valence-electron chi connectivity index (χ1n) is 39.4. The normalized spacial score (nSPS) is 12.5. The van der Waals surface area contributed by atoms with Gasteiger partial charge in [0.2, 0.25) is 5.91 Å². The van der Waals surface area contributed by atoms with Gasteiger partial charge < -0.3 is 20.3 Å². The van der Waals surface area contributed by atoms with Gasteiger partial charge in [0.1, 0.15) is 0 Å². The van der Waals surface area contributed by atoms with Gasteiger partial charge in [-0.15, -0.1) is 0 Å². The molecule has 85 heavy (non-hydrogen) atoms. The summed E-state index contributed by atoms with van der Waals surface area (Å²) in [5.74, 6) is -0.00779. The number of carbonyl (C=O) groups excluding carboxylic acids is 2. The van der Waals surface area contributed by atoms with Gasteiger partial charge in [-0.05, 0) is 51.4 Å². The molecule has 0 aromatic heterocycles. The first-order chi connectivity index (χ1) is 42.0. The fourth-order valence-corrected chi connectivity index (χ4v) is 12.8. The van der Waals surface area contributed by atoms with E-state index in [1.807, 2.05) is 0 Å². The number of amides is 1. The molecule has 0 bridgehead atoms. The monoisotopic (exact) mass is 1200 g/mol. The van der Waals surface area contributed by atoms with E-state index in [2.05, 4.69) is 31.3 Å². The minimum absolute atomic E-state index is 0.0201. The van der Waals surface area contributed by atoms with E-state index < -0.39 is 12.1 Å². The molecular formula is C79H155NO5. The molecule has 0 fully saturated rings. The van der Waals surface area contributed by atoms with Crippen molar-refractivity contribution >= 4 is 11.9 Å². The molecule has 0 saturated heterocycles. The zero-order valence-electron chi connectivity index (χ0n) is 58.1. The summed E-state index contributed by atoms with van der Waals surface area (Å²) < 4.78 is 5.50. The number of esters is 1. The number of aliphatic hydroxyl groups excluding tert-OH is 2. The summed E-state index contributed by atoms with van der Waals surface area (Å²) in [6.45, 7) is 5.01. The van der Waals surface area contributed by atoms with Crippen LogP contribution in [0.25, 0.3) is 0 Å². The highest BCUT2D eigenvalue weighted by molar-refractivity contribution is 5.76. The van der Waals surface area contributed by atoms with Gasteiger partial charge in [-0.25, -0.2) is 0 Å². The van der Waals surface area contributed by atoms with E-state index in [9.17, 15) is 19.8 Å². The maximum atomic E-state index is 12.6. The Hall–Kier alpha value is -1.40.